The van der Waals surface area contributed by atoms with Crippen LogP contribution in [-0.2, 0) is 14.3 Å². The first-order valence-corrected chi connectivity index (χ1v) is 12.8. The molecule has 8 heteroatoms. The molecular weight excluding hydrogens is 452 g/mol. The summed E-state index contributed by atoms with van der Waals surface area (Å²) in [7, 11) is 0. The third kappa shape index (κ3) is 4.39. The minimum absolute atomic E-state index is 0.0349. The van der Waals surface area contributed by atoms with Crippen molar-refractivity contribution in [3.05, 3.63) is 59.7 Å². The first-order valence-electron chi connectivity index (χ1n) is 11.7. The van der Waals surface area contributed by atoms with E-state index in [9.17, 15) is 19.5 Å². The molecule has 2 N–H and O–H groups in total. The first-order chi connectivity index (χ1) is 16.4. The number of aliphatic carboxylic acids is 1. The molecule has 0 radical (unpaired) electrons. The van der Waals surface area contributed by atoms with Crippen LogP contribution in [0.15, 0.2) is 48.5 Å². The van der Waals surface area contributed by atoms with Crippen LogP contribution in [0.5, 0.6) is 0 Å². The van der Waals surface area contributed by atoms with Crippen molar-refractivity contribution in [2.45, 2.75) is 49.6 Å². The van der Waals surface area contributed by atoms with Crippen LogP contribution in [0, 0.1) is 5.92 Å². The second-order valence-corrected chi connectivity index (χ2v) is 10.4. The van der Waals surface area contributed by atoms with Gasteiger partial charge in [-0.3, -0.25) is 4.79 Å². The monoisotopic (exact) mass is 480 g/mol. The molecule has 34 heavy (non-hydrogen) atoms. The summed E-state index contributed by atoms with van der Waals surface area (Å²) >= 11 is 1.55. The maximum absolute atomic E-state index is 13.0. The quantitative estimate of drug-likeness (QED) is 0.620. The molecule has 3 atom stereocenters. The van der Waals surface area contributed by atoms with Gasteiger partial charge in [-0.25, -0.2) is 9.59 Å². The molecule has 2 aromatic rings. The second kappa shape index (κ2) is 9.33. The molecule has 1 saturated carbocycles. The molecule has 0 aromatic heterocycles. The first kappa shape index (κ1) is 22.8. The van der Waals surface area contributed by atoms with Gasteiger partial charge in [-0.1, -0.05) is 48.5 Å². The smallest absolute Gasteiger partial charge is 0.407 e. The zero-order valence-electron chi connectivity index (χ0n) is 19.0. The zero-order valence-corrected chi connectivity index (χ0v) is 19.8. The SMILES string of the molecule is C[C@@H](CC(=O)N1C(C(=O)O)CSC1C1CC1)NC(=O)OCC1c2ccccc2-c2ccccc21. The van der Waals surface area contributed by atoms with Crippen molar-refractivity contribution in [1.82, 2.24) is 10.2 Å². The van der Waals surface area contributed by atoms with Gasteiger partial charge in [0.1, 0.15) is 12.6 Å². The highest BCUT2D eigenvalue weighted by Crippen LogP contribution is 2.46. The fourth-order valence-electron chi connectivity index (χ4n) is 5.04. The maximum atomic E-state index is 13.0. The number of carboxylic acid groups (broad SMARTS) is 1. The van der Waals surface area contributed by atoms with Crippen molar-refractivity contribution in [1.29, 1.82) is 0 Å². The lowest BCUT2D eigenvalue weighted by atomic mass is 9.98. The van der Waals surface area contributed by atoms with E-state index in [2.05, 4.69) is 29.6 Å². The number of amides is 2. The molecule has 2 aliphatic carbocycles. The molecule has 1 heterocycles. The minimum atomic E-state index is -0.971. The number of carbonyl (C=O) groups is 3. The molecule has 0 spiro atoms. The number of thioether (sulfide) groups is 1. The zero-order chi connectivity index (χ0) is 23.8. The number of hydrogen-bond acceptors (Lipinski definition) is 5. The summed E-state index contributed by atoms with van der Waals surface area (Å²) in [6.45, 7) is 1.94. The van der Waals surface area contributed by atoms with Gasteiger partial charge in [0.25, 0.3) is 0 Å². The van der Waals surface area contributed by atoms with Gasteiger partial charge in [-0.2, -0.15) is 0 Å². The number of hydrogen-bond donors (Lipinski definition) is 2. The fourth-order valence-corrected chi connectivity index (χ4v) is 6.69. The number of ether oxygens (including phenoxy) is 1. The van der Waals surface area contributed by atoms with Crippen molar-refractivity contribution in [3.8, 4) is 11.1 Å². The number of nitrogens with one attached hydrogen (secondary N) is 1. The highest BCUT2D eigenvalue weighted by molar-refractivity contribution is 8.00. The van der Waals surface area contributed by atoms with Crippen LogP contribution >= 0.6 is 11.8 Å². The number of carbonyl (C=O) groups excluding carboxylic acids is 2. The van der Waals surface area contributed by atoms with Gasteiger partial charge in [-0.05, 0) is 47.9 Å². The molecule has 5 rings (SSSR count). The number of rotatable bonds is 7. The van der Waals surface area contributed by atoms with Gasteiger partial charge in [0.15, 0.2) is 0 Å². The van der Waals surface area contributed by atoms with Crippen molar-refractivity contribution in [2.75, 3.05) is 12.4 Å². The van der Waals surface area contributed by atoms with Gasteiger partial charge in [0, 0.05) is 24.1 Å². The van der Waals surface area contributed by atoms with Crippen LogP contribution in [0.2, 0.25) is 0 Å². The van der Waals surface area contributed by atoms with Gasteiger partial charge in [0.2, 0.25) is 5.91 Å². The Bertz CT molecular complexity index is 1070. The van der Waals surface area contributed by atoms with E-state index in [1.807, 2.05) is 24.3 Å². The van der Waals surface area contributed by atoms with Crippen LogP contribution in [-0.4, -0.2) is 57.8 Å². The van der Waals surface area contributed by atoms with Crippen molar-refractivity contribution in [2.24, 2.45) is 5.92 Å². The predicted octanol–water partition coefficient (Wildman–Crippen LogP) is 4.07. The van der Waals surface area contributed by atoms with Crippen LogP contribution in [0.1, 0.15) is 43.2 Å². The van der Waals surface area contributed by atoms with E-state index in [0.717, 1.165) is 35.1 Å². The Morgan fingerprint density at radius 1 is 1.09 bits per heavy atom. The highest BCUT2D eigenvalue weighted by Gasteiger charge is 2.48. The van der Waals surface area contributed by atoms with E-state index < -0.39 is 24.1 Å². The number of benzene rings is 2. The summed E-state index contributed by atoms with van der Waals surface area (Å²) in [5.41, 5.74) is 4.59. The van der Waals surface area contributed by atoms with Crippen LogP contribution in [0.3, 0.4) is 0 Å². The average molecular weight is 481 g/mol. The average Bonchev–Trinajstić information content (AvgIpc) is 3.47. The Balaban J connectivity index is 1.18. The molecule has 7 nitrogen and oxygen atoms in total. The second-order valence-electron chi connectivity index (χ2n) is 9.29. The lowest BCUT2D eigenvalue weighted by molar-refractivity contribution is -0.149. The number of alkyl carbamates (subject to hydrolysis) is 1. The van der Waals surface area contributed by atoms with Gasteiger partial charge >= 0.3 is 12.1 Å². The number of carboxylic acids is 1. The number of nitrogens with zero attached hydrogens (tertiary/aromatic N) is 1. The predicted molar refractivity (Wildman–Crippen MR) is 130 cm³/mol. The Morgan fingerprint density at radius 3 is 2.29 bits per heavy atom. The summed E-state index contributed by atoms with van der Waals surface area (Å²) in [5, 5.41) is 12.2. The maximum Gasteiger partial charge on any atom is 0.407 e. The Morgan fingerprint density at radius 2 is 1.71 bits per heavy atom. The third-order valence-corrected chi connectivity index (χ3v) is 8.28. The largest absolute Gasteiger partial charge is 0.480 e. The van der Waals surface area contributed by atoms with E-state index in [4.69, 9.17) is 4.74 Å². The molecule has 2 unspecified atom stereocenters. The van der Waals surface area contributed by atoms with E-state index in [-0.39, 0.29) is 30.2 Å². The topological polar surface area (TPSA) is 95.9 Å². The molecule has 1 aliphatic heterocycles. The van der Waals surface area contributed by atoms with Gasteiger partial charge < -0.3 is 20.1 Å². The molecule has 2 fully saturated rings. The van der Waals surface area contributed by atoms with Crippen molar-refractivity contribution >= 4 is 29.7 Å². The van der Waals surface area contributed by atoms with Gasteiger partial charge in [0.05, 0.1) is 5.37 Å². The molecule has 2 aromatic carbocycles. The molecule has 2 amide bonds. The molecule has 178 valence electrons. The van der Waals surface area contributed by atoms with Crippen LogP contribution in [0.4, 0.5) is 4.79 Å². The fraction of sp³-hybridized carbons (Fsp3) is 0.423. The molecule has 3 aliphatic rings. The van der Waals surface area contributed by atoms with Crippen LogP contribution in [0.25, 0.3) is 11.1 Å². The summed E-state index contributed by atoms with van der Waals surface area (Å²) in [4.78, 5) is 38.7. The van der Waals surface area contributed by atoms with Crippen molar-refractivity contribution in [3.63, 3.8) is 0 Å². The third-order valence-electron chi connectivity index (χ3n) is 6.82. The lowest BCUT2D eigenvalue weighted by Crippen LogP contribution is -2.48. The normalized spacial score (nSPS) is 22.1. The summed E-state index contributed by atoms with van der Waals surface area (Å²) < 4.78 is 5.57. The van der Waals surface area contributed by atoms with Crippen LogP contribution < -0.4 is 5.32 Å². The molecule has 1 saturated heterocycles. The van der Waals surface area contributed by atoms with E-state index >= 15 is 0 Å². The van der Waals surface area contributed by atoms with E-state index in [1.54, 1.807) is 18.7 Å². The lowest BCUT2D eigenvalue weighted by Gasteiger charge is -2.28. The van der Waals surface area contributed by atoms with Gasteiger partial charge in [-0.15, -0.1) is 11.8 Å². The Hall–Kier alpha value is -3.00. The van der Waals surface area contributed by atoms with E-state index in [0.29, 0.717) is 11.7 Å². The Kier molecular flexibility index (Phi) is 6.25. The standard InChI is InChI=1S/C26H28N2O5S/c1-15(12-23(29)28-22(25(30)31)14-34-24(28)16-10-11-16)27-26(32)33-13-21-19-8-4-2-6-17(19)18-7-3-5-9-20(18)21/h2-9,15-16,21-22,24H,10-14H2,1H3,(H,27,32)(H,30,31)/t15-,22?,24?/m0/s1. The highest BCUT2D eigenvalue weighted by atomic mass is 32.2. The number of fused-ring (bicyclic) bond motifs is 3. The molecular formula is C26H28N2O5S. The van der Waals surface area contributed by atoms with Crippen molar-refractivity contribution < 1.29 is 24.2 Å². The summed E-state index contributed by atoms with van der Waals surface area (Å²) in [5.74, 6) is -0.450. The summed E-state index contributed by atoms with van der Waals surface area (Å²) in [6.07, 6.45) is 1.52. The minimum Gasteiger partial charge on any atom is -0.480 e. The van der Waals surface area contributed by atoms with E-state index in [1.165, 1.54) is 4.90 Å². The summed E-state index contributed by atoms with van der Waals surface area (Å²) in [6, 6.07) is 15.0. The molecule has 0 bridgehead atoms. The Labute approximate surface area is 202 Å².